The molecular weight excluding hydrogens is 238 g/mol. The minimum atomic E-state index is 0.153. The quantitative estimate of drug-likeness (QED) is 0.591. The Bertz CT molecular complexity index is 262. The Kier molecular flexibility index (Phi) is 5.63. The molecule has 4 nitrogen and oxygen atoms in total. The maximum Gasteiger partial charge on any atom is 0.0510 e. The van der Waals surface area contributed by atoms with Gasteiger partial charge in [0.15, 0.2) is 0 Å². The van der Waals surface area contributed by atoms with Crippen molar-refractivity contribution in [3.05, 3.63) is 0 Å². The lowest BCUT2D eigenvalue weighted by atomic mass is 9.77. The second-order valence-electron chi connectivity index (χ2n) is 6.38. The van der Waals surface area contributed by atoms with Crippen LogP contribution in [0.5, 0.6) is 0 Å². The molecule has 0 saturated carbocycles. The van der Waals surface area contributed by atoms with Gasteiger partial charge in [-0.15, -0.1) is 0 Å². The summed E-state index contributed by atoms with van der Waals surface area (Å²) < 4.78 is 5.68. The van der Waals surface area contributed by atoms with Crippen LogP contribution >= 0.6 is 0 Å². The van der Waals surface area contributed by atoms with Gasteiger partial charge in [0.2, 0.25) is 0 Å². The lowest BCUT2D eigenvalue weighted by Gasteiger charge is -2.50. The Labute approximate surface area is 118 Å². The number of nitrogens with zero attached hydrogens (tertiary/aromatic N) is 1. The number of nitrogens with two attached hydrogens (primary N) is 1. The average molecular weight is 269 g/mol. The summed E-state index contributed by atoms with van der Waals surface area (Å²) in [6.45, 7) is 8.89. The zero-order chi connectivity index (χ0) is 13.7. The first-order valence-electron chi connectivity index (χ1n) is 8.01. The molecule has 3 N–H and O–H groups in total. The molecule has 2 fully saturated rings. The van der Waals surface area contributed by atoms with Crippen molar-refractivity contribution in [2.24, 2.45) is 11.8 Å². The zero-order valence-corrected chi connectivity index (χ0v) is 12.7. The highest BCUT2D eigenvalue weighted by Crippen LogP contribution is 2.33. The van der Waals surface area contributed by atoms with Crippen LogP contribution in [0.1, 0.15) is 52.4 Å². The van der Waals surface area contributed by atoms with E-state index >= 15 is 0 Å². The number of piperidine rings is 1. The number of ether oxygens (including phenoxy) is 1. The second kappa shape index (κ2) is 7.02. The van der Waals surface area contributed by atoms with Gasteiger partial charge >= 0.3 is 0 Å². The summed E-state index contributed by atoms with van der Waals surface area (Å²) in [6, 6.07) is 0.330. The first-order chi connectivity index (χ1) is 9.22. The predicted octanol–water partition coefficient (Wildman–Crippen LogP) is 1.90. The lowest BCUT2D eigenvalue weighted by Crippen LogP contribution is -2.65. The van der Waals surface area contributed by atoms with Crippen molar-refractivity contribution >= 4 is 0 Å². The molecule has 3 atom stereocenters. The van der Waals surface area contributed by atoms with Crippen LogP contribution in [-0.4, -0.2) is 42.8 Å². The number of hydrogen-bond acceptors (Lipinski definition) is 4. The van der Waals surface area contributed by atoms with Crippen LogP contribution in [0.4, 0.5) is 0 Å². The van der Waals surface area contributed by atoms with Crippen LogP contribution in [0.25, 0.3) is 0 Å². The van der Waals surface area contributed by atoms with Crippen LogP contribution in [0.3, 0.4) is 0 Å². The maximum atomic E-state index is 5.94. The van der Waals surface area contributed by atoms with Gasteiger partial charge in [0.25, 0.3) is 0 Å². The molecular formula is C15H31N3O. The highest BCUT2D eigenvalue weighted by Gasteiger charge is 2.42. The van der Waals surface area contributed by atoms with E-state index in [0.717, 1.165) is 19.6 Å². The van der Waals surface area contributed by atoms with Gasteiger partial charge in [-0.25, -0.2) is 0 Å². The summed E-state index contributed by atoms with van der Waals surface area (Å²) in [5, 5.41) is 0. The third-order valence-electron chi connectivity index (χ3n) is 5.31. The molecule has 0 radical (unpaired) electrons. The van der Waals surface area contributed by atoms with E-state index in [1.807, 2.05) is 0 Å². The van der Waals surface area contributed by atoms with Crippen molar-refractivity contribution in [1.29, 1.82) is 0 Å². The molecule has 2 rings (SSSR count). The molecule has 112 valence electrons. The van der Waals surface area contributed by atoms with Crippen LogP contribution in [0, 0.1) is 5.92 Å². The highest BCUT2D eigenvalue weighted by molar-refractivity contribution is 4.99. The largest absolute Gasteiger partial charge is 0.381 e. The van der Waals surface area contributed by atoms with Gasteiger partial charge < -0.3 is 4.74 Å². The normalized spacial score (nSPS) is 30.8. The van der Waals surface area contributed by atoms with Crippen molar-refractivity contribution in [2.75, 3.05) is 26.3 Å². The lowest BCUT2D eigenvalue weighted by molar-refractivity contribution is -0.0230. The molecule has 4 heteroatoms. The van der Waals surface area contributed by atoms with Crippen molar-refractivity contribution in [3.8, 4) is 0 Å². The summed E-state index contributed by atoms with van der Waals surface area (Å²) in [4.78, 5) is 2.66. The van der Waals surface area contributed by atoms with Gasteiger partial charge in [0.1, 0.15) is 0 Å². The molecule has 0 aromatic heterocycles. The summed E-state index contributed by atoms with van der Waals surface area (Å²) >= 11 is 0. The van der Waals surface area contributed by atoms with E-state index in [9.17, 15) is 0 Å². The van der Waals surface area contributed by atoms with Crippen molar-refractivity contribution in [1.82, 2.24) is 10.3 Å². The van der Waals surface area contributed by atoms with E-state index in [0.29, 0.717) is 12.0 Å². The SMILES string of the molecule is CCC(C)(C(NN)C1CCCOC1)N1CCCCC1. The molecule has 0 aliphatic carbocycles. The molecule has 3 unspecified atom stereocenters. The first kappa shape index (κ1) is 15.2. The van der Waals surface area contributed by atoms with Gasteiger partial charge in [0.05, 0.1) is 6.61 Å². The van der Waals surface area contributed by atoms with E-state index in [-0.39, 0.29) is 5.54 Å². The van der Waals surface area contributed by atoms with Gasteiger partial charge in [-0.1, -0.05) is 13.3 Å². The summed E-state index contributed by atoms with van der Waals surface area (Å²) in [7, 11) is 0. The highest BCUT2D eigenvalue weighted by atomic mass is 16.5. The van der Waals surface area contributed by atoms with E-state index in [2.05, 4.69) is 24.2 Å². The van der Waals surface area contributed by atoms with E-state index in [1.54, 1.807) is 0 Å². The molecule has 2 aliphatic heterocycles. The molecule has 2 heterocycles. The Morgan fingerprint density at radius 3 is 2.58 bits per heavy atom. The Hall–Kier alpha value is -0.160. The van der Waals surface area contributed by atoms with Crippen LogP contribution in [0.2, 0.25) is 0 Å². The molecule has 2 saturated heterocycles. The smallest absolute Gasteiger partial charge is 0.0510 e. The Morgan fingerprint density at radius 1 is 1.32 bits per heavy atom. The Balaban J connectivity index is 2.10. The van der Waals surface area contributed by atoms with Crippen molar-refractivity contribution < 1.29 is 4.74 Å². The topological polar surface area (TPSA) is 50.5 Å². The maximum absolute atomic E-state index is 5.94. The number of likely N-dealkylation sites (tertiary alicyclic amines) is 1. The molecule has 0 bridgehead atoms. The van der Waals surface area contributed by atoms with E-state index < -0.39 is 0 Å². The number of hydrazine groups is 1. The zero-order valence-electron chi connectivity index (χ0n) is 12.7. The molecule has 0 aromatic carbocycles. The minimum Gasteiger partial charge on any atom is -0.381 e. The third kappa shape index (κ3) is 3.30. The van der Waals surface area contributed by atoms with E-state index in [1.165, 1.54) is 45.2 Å². The fourth-order valence-corrected chi connectivity index (χ4v) is 3.90. The van der Waals surface area contributed by atoms with Crippen molar-refractivity contribution in [3.63, 3.8) is 0 Å². The third-order valence-corrected chi connectivity index (χ3v) is 5.31. The summed E-state index contributed by atoms with van der Waals surface area (Å²) in [5.74, 6) is 6.49. The van der Waals surface area contributed by atoms with Crippen molar-refractivity contribution in [2.45, 2.75) is 64.0 Å². The summed E-state index contributed by atoms with van der Waals surface area (Å²) in [6.07, 6.45) is 7.57. The predicted molar refractivity (Wildman–Crippen MR) is 78.8 cm³/mol. The molecule has 0 spiro atoms. The standard InChI is InChI=1S/C15H31N3O/c1-3-15(2,18-9-5-4-6-10-18)14(17-16)13-8-7-11-19-12-13/h13-14,17H,3-12,16H2,1-2H3. The summed E-state index contributed by atoms with van der Waals surface area (Å²) in [5.41, 5.74) is 3.29. The monoisotopic (exact) mass is 269 g/mol. The average Bonchev–Trinajstić information content (AvgIpc) is 2.49. The Morgan fingerprint density at radius 2 is 2.05 bits per heavy atom. The van der Waals surface area contributed by atoms with Gasteiger partial charge in [0, 0.05) is 24.1 Å². The molecule has 0 amide bonds. The van der Waals surface area contributed by atoms with E-state index in [4.69, 9.17) is 10.6 Å². The van der Waals surface area contributed by atoms with Crippen LogP contribution in [0.15, 0.2) is 0 Å². The molecule has 2 aliphatic rings. The van der Waals surface area contributed by atoms with Gasteiger partial charge in [-0.2, -0.15) is 0 Å². The fourth-order valence-electron chi connectivity index (χ4n) is 3.90. The number of hydrogen-bond donors (Lipinski definition) is 2. The molecule has 0 aromatic rings. The van der Waals surface area contributed by atoms with Gasteiger partial charge in [-0.3, -0.25) is 16.2 Å². The first-order valence-corrected chi connectivity index (χ1v) is 8.01. The van der Waals surface area contributed by atoms with Crippen LogP contribution in [-0.2, 0) is 4.74 Å². The number of nitrogens with one attached hydrogen (secondary N) is 1. The van der Waals surface area contributed by atoms with Gasteiger partial charge in [-0.05, 0) is 52.1 Å². The minimum absolute atomic E-state index is 0.153. The molecule has 19 heavy (non-hydrogen) atoms. The fraction of sp³-hybridized carbons (Fsp3) is 1.00. The number of rotatable bonds is 5. The van der Waals surface area contributed by atoms with Crippen LogP contribution < -0.4 is 11.3 Å². The second-order valence-corrected chi connectivity index (χ2v) is 6.38.